The lowest BCUT2D eigenvalue weighted by Gasteiger charge is -2.39. The zero-order valence-corrected chi connectivity index (χ0v) is 19.3. The standard InChI is InChI=1S/C26H31NO3S/c1-20-11-13-22(14-12-20)31(29,30)27(15-7-10-21-8-5-4-6-9-21)19-26-16-23(26)24(28)17-25(2,3)18-26/h4-6,8-9,11-14,23-24,28H,15-19H2,1-3H3. The Morgan fingerprint density at radius 2 is 1.74 bits per heavy atom. The summed E-state index contributed by atoms with van der Waals surface area (Å²) in [7, 11) is -3.69. The van der Waals surface area contributed by atoms with Crippen LogP contribution >= 0.6 is 0 Å². The Kier molecular flexibility index (Phi) is 5.76. The molecule has 4 rings (SSSR count). The molecule has 2 saturated carbocycles. The monoisotopic (exact) mass is 437 g/mol. The van der Waals surface area contributed by atoms with Crippen LogP contribution in [0.25, 0.3) is 0 Å². The maximum absolute atomic E-state index is 13.6. The highest BCUT2D eigenvalue weighted by Crippen LogP contribution is 2.65. The van der Waals surface area contributed by atoms with Crippen molar-refractivity contribution in [2.24, 2.45) is 16.7 Å². The summed E-state index contributed by atoms with van der Waals surface area (Å²) in [4.78, 5) is 0.295. The van der Waals surface area contributed by atoms with Crippen LogP contribution in [0.4, 0.5) is 0 Å². The summed E-state index contributed by atoms with van der Waals surface area (Å²) >= 11 is 0. The Bertz CT molecular complexity index is 1100. The molecule has 5 heteroatoms. The van der Waals surface area contributed by atoms with E-state index in [0.717, 1.165) is 30.4 Å². The molecule has 0 amide bonds. The van der Waals surface area contributed by atoms with Gasteiger partial charge in [0, 0.05) is 12.1 Å². The summed E-state index contributed by atoms with van der Waals surface area (Å²) in [5.74, 6) is 6.35. The number of benzene rings is 2. The third-order valence-electron chi connectivity index (χ3n) is 6.72. The van der Waals surface area contributed by atoms with Crippen LogP contribution in [0.2, 0.25) is 0 Å². The number of aryl methyl sites for hydroxylation is 1. The van der Waals surface area contributed by atoms with E-state index in [9.17, 15) is 13.5 Å². The number of fused-ring (bicyclic) bond motifs is 1. The molecule has 0 aromatic heterocycles. The smallest absolute Gasteiger partial charge is 0.243 e. The van der Waals surface area contributed by atoms with Crippen LogP contribution in [0.1, 0.15) is 44.2 Å². The quantitative estimate of drug-likeness (QED) is 0.713. The van der Waals surface area contributed by atoms with Crippen molar-refractivity contribution in [2.45, 2.75) is 51.0 Å². The SMILES string of the molecule is Cc1ccc(S(=O)(=O)N(CC#Cc2ccccc2)CC23CC2C(O)CC(C)(C)C3)cc1. The molecule has 31 heavy (non-hydrogen) atoms. The molecule has 0 aliphatic heterocycles. The van der Waals surface area contributed by atoms with E-state index in [4.69, 9.17) is 0 Å². The summed E-state index contributed by atoms with van der Waals surface area (Å²) in [6, 6.07) is 16.6. The van der Waals surface area contributed by atoms with E-state index >= 15 is 0 Å². The Labute approximate surface area is 186 Å². The first-order valence-electron chi connectivity index (χ1n) is 10.9. The summed E-state index contributed by atoms with van der Waals surface area (Å²) in [6.07, 6.45) is 2.22. The highest BCUT2D eigenvalue weighted by Gasteiger charge is 2.63. The third kappa shape index (κ3) is 4.72. The lowest BCUT2D eigenvalue weighted by Crippen LogP contribution is -2.42. The van der Waals surface area contributed by atoms with Crippen LogP contribution in [0.5, 0.6) is 0 Å². The molecule has 2 aliphatic carbocycles. The van der Waals surface area contributed by atoms with E-state index in [1.165, 1.54) is 4.31 Å². The van der Waals surface area contributed by atoms with Crippen LogP contribution < -0.4 is 0 Å². The molecular weight excluding hydrogens is 406 g/mol. The fourth-order valence-electron chi connectivity index (χ4n) is 5.29. The summed E-state index contributed by atoms with van der Waals surface area (Å²) in [5.41, 5.74) is 1.73. The van der Waals surface area contributed by atoms with Crippen LogP contribution in [-0.2, 0) is 10.0 Å². The summed E-state index contributed by atoms with van der Waals surface area (Å²) in [6.45, 7) is 6.81. The first-order valence-corrected chi connectivity index (χ1v) is 12.3. The second kappa shape index (κ2) is 8.09. The van der Waals surface area contributed by atoms with Crippen molar-refractivity contribution in [3.05, 3.63) is 65.7 Å². The molecule has 0 spiro atoms. The van der Waals surface area contributed by atoms with Gasteiger partial charge in [-0.2, -0.15) is 4.31 Å². The molecule has 3 atom stereocenters. The van der Waals surface area contributed by atoms with Gasteiger partial charge in [0.15, 0.2) is 0 Å². The molecule has 0 heterocycles. The van der Waals surface area contributed by atoms with Crippen molar-refractivity contribution in [1.29, 1.82) is 0 Å². The average Bonchev–Trinajstić information content (AvgIpc) is 3.41. The van der Waals surface area contributed by atoms with Gasteiger partial charge in [-0.05, 0) is 67.2 Å². The average molecular weight is 438 g/mol. The minimum absolute atomic E-state index is 0.00141. The van der Waals surface area contributed by atoms with Crippen molar-refractivity contribution in [2.75, 3.05) is 13.1 Å². The molecule has 2 aromatic rings. The molecule has 2 aliphatic rings. The van der Waals surface area contributed by atoms with Gasteiger partial charge in [-0.1, -0.05) is 61.6 Å². The summed E-state index contributed by atoms with van der Waals surface area (Å²) in [5, 5.41) is 10.6. The summed E-state index contributed by atoms with van der Waals surface area (Å²) < 4.78 is 28.6. The van der Waals surface area contributed by atoms with Gasteiger partial charge in [0.25, 0.3) is 0 Å². The Morgan fingerprint density at radius 3 is 2.42 bits per heavy atom. The van der Waals surface area contributed by atoms with Gasteiger partial charge in [-0.15, -0.1) is 0 Å². The normalized spacial score (nSPS) is 26.6. The lowest BCUT2D eigenvalue weighted by atomic mass is 9.70. The largest absolute Gasteiger partial charge is 0.393 e. The molecule has 164 valence electrons. The number of aliphatic hydroxyl groups is 1. The number of nitrogens with zero attached hydrogens (tertiary/aromatic N) is 1. The van der Waals surface area contributed by atoms with E-state index in [1.54, 1.807) is 12.1 Å². The van der Waals surface area contributed by atoms with E-state index in [1.807, 2.05) is 49.4 Å². The molecular formula is C26H31NO3S. The van der Waals surface area contributed by atoms with Crippen molar-refractivity contribution < 1.29 is 13.5 Å². The van der Waals surface area contributed by atoms with Gasteiger partial charge < -0.3 is 5.11 Å². The number of sulfonamides is 1. The topological polar surface area (TPSA) is 57.6 Å². The fraction of sp³-hybridized carbons (Fsp3) is 0.462. The number of aliphatic hydroxyl groups excluding tert-OH is 1. The molecule has 2 aromatic carbocycles. The Balaban J connectivity index is 1.63. The first kappa shape index (κ1) is 22.1. The maximum Gasteiger partial charge on any atom is 0.243 e. The predicted octanol–water partition coefficient (Wildman–Crippen LogP) is 4.22. The fourth-order valence-corrected chi connectivity index (χ4v) is 6.73. The highest BCUT2D eigenvalue weighted by atomic mass is 32.2. The number of hydrogen-bond donors (Lipinski definition) is 1. The number of rotatable bonds is 5. The zero-order valence-electron chi connectivity index (χ0n) is 18.5. The van der Waals surface area contributed by atoms with Gasteiger partial charge in [0.2, 0.25) is 10.0 Å². The second-order valence-corrected chi connectivity index (χ2v) is 12.0. The van der Waals surface area contributed by atoms with Crippen molar-refractivity contribution >= 4 is 10.0 Å². The predicted molar refractivity (Wildman–Crippen MR) is 123 cm³/mol. The van der Waals surface area contributed by atoms with E-state index in [2.05, 4.69) is 25.7 Å². The molecule has 1 N–H and O–H groups in total. The van der Waals surface area contributed by atoms with Gasteiger partial charge in [0.05, 0.1) is 17.5 Å². The zero-order chi connectivity index (χ0) is 22.3. The van der Waals surface area contributed by atoms with Crippen molar-refractivity contribution in [1.82, 2.24) is 4.31 Å². The Hall–Kier alpha value is -2.13. The van der Waals surface area contributed by atoms with Gasteiger partial charge in [-0.25, -0.2) is 8.42 Å². The van der Waals surface area contributed by atoms with Crippen molar-refractivity contribution in [3.8, 4) is 11.8 Å². The first-order chi connectivity index (χ1) is 14.6. The third-order valence-corrected chi connectivity index (χ3v) is 8.53. The van der Waals surface area contributed by atoms with Gasteiger partial charge in [-0.3, -0.25) is 0 Å². The molecule has 2 fully saturated rings. The molecule has 4 nitrogen and oxygen atoms in total. The van der Waals surface area contributed by atoms with Crippen LogP contribution in [0.15, 0.2) is 59.5 Å². The maximum atomic E-state index is 13.6. The van der Waals surface area contributed by atoms with Crippen LogP contribution in [0, 0.1) is 35.5 Å². The van der Waals surface area contributed by atoms with Gasteiger partial charge in [0.1, 0.15) is 0 Å². The molecule has 0 bridgehead atoms. The molecule has 3 unspecified atom stereocenters. The van der Waals surface area contributed by atoms with E-state index in [-0.39, 0.29) is 29.4 Å². The van der Waals surface area contributed by atoms with Crippen molar-refractivity contribution in [3.63, 3.8) is 0 Å². The lowest BCUT2D eigenvalue weighted by molar-refractivity contribution is 0.0236. The molecule has 0 radical (unpaired) electrons. The van der Waals surface area contributed by atoms with Crippen LogP contribution in [0.3, 0.4) is 0 Å². The van der Waals surface area contributed by atoms with Crippen LogP contribution in [-0.4, -0.2) is 37.0 Å². The highest BCUT2D eigenvalue weighted by molar-refractivity contribution is 7.89. The minimum Gasteiger partial charge on any atom is -0.393 e. The second-order valence-electron chi connectivity index (χ2n) is 10.0. The Morgan fingerprint density at radius 1 is 1.06 bits per heavy atom. The van der Waals surface area contributed by atoms with E-state index in [0.29, 0.717) is 11.4 Å². The molecule has 0 saturated heterocycles. The minimum atomic E-state index is -3.69. The van der Waals surface area contributed by atoms with E-state index < -0.39 is 10.0 Å². The number of hydrogen-bond acceptors (Lipinski definition) is 3. The van der Waals surface area contributed by atoms with Gasteiger partial charge >= 0.3 is 0 Å².